The van der Waals surface area contributed by atoms with Gasteiger partial charge in [0.25, 0.3) is 0 Å². The van der Waals surface area contributed by atoms with Crippen molar-refractivity contribution in [2.75, 3.05) is 10.6 Å². The molecule has 1 aromatic carbocycles. The normalized spacial score (nSPS) is 10.9. The number of carbonyl (C=O) groups excluding carboxylic acids is 1. The van der Waals surface area contributed by atoms with Gasteiger partial charge in [0.2, 0.25) is 5.91 Å². The molecule has 4 heterocycles. The van der Waals surface area contributed by atoms with E-state index in [1.54, 1.807) is 24.8 Å². The first kappa shape index (κ1) is 23.9. The van der Waals surface area contributed by atoms with Crippen molar-refractivity contribution in [3.8, 4) is 22.4 Å². The Morgan fingerprint density at radius 2 is 1.86 bits per heavy atom. The molecule has 184 valence electrons. The number of H-pyrrole nitrogens is 1. The Hall–Kier alpha value is -4.85. The summed E-state index contributed by atoms with van der Waals surface area (Å²) in [5, 5.41) is 14.8. The molecule has 1 amide bonds. The average Bonchev–Trinajstić information content (AvgIpc) is 3.34. The number of carbonyl (C=O) groups is 1. The lowest BCUT2D eigenvalue weighted by atomic mass is 10.0. The van der Waals surface area contributed by atoms with E-state index in [0.717, 1.165) is 51.0 Å². The predicted octanol–water partition coefficient (Wildman–Crippen LogP) is 6.21. The first-order chi connectivity index (χ1) is 18.0. The number of anilines is 2. The summed E-state index contributed by atoms with van der Waals surface area (Å²) in [5.74, 6) is -0.0201. The largest absolute Gasteiger partial charge is 0.353 e. The number of pyridine rings is 3. The van der Waals surface area contributed by atoms with E-state index >= 15 is 0 Å². The molecule has 0 aliphatic carbocycles. The van der Waals surface area contributed by atoms with Gasteiger partial charge in [-0.15, -0.1) is 0 Å². The molecular formula is C29H27N7O. The van der Waals surface area contributed by atoms with Crippen molar-refractivity contribution >= 4 is 33.9 Å². The zero-order valence-electron chi connectivity index (χ0n) is 20.7. The fraction of sp³-hybridized carbons (Fsp3) is 0.138. The molecule has 5 rings (SSSR count). The molecule has 37 heavy (non-hydrogen) atoms. The summed E-state index contributed by atoms with van der Waals surface area (Å²) < 4.78 is 0. The van der Waals surface area contributed by atoms with Gasteiger partial charge in [-0.2, -0.15) is 5.10 Å². The summed E-state index contributed by atoms with van der Waals surface area (Å²) in [6.45, 7) is 8.26. The number of amides is 1. The van der Waals surface area contributed by atoms with Crippen LogP contribution in [0, 0.1) is 6.92 Å². The first-order valence-electron chi connectivity index (χ1n) is 12.1. The van der Waals surface area contributed by atoms with Gasteiger partial charge in [0.05, 0.1) is 40.7 Å². The number of benzene rings is 1. The van der Waals surface area contributed by atoms with Gasteiger partial charge in [-0.05, 0) is 54.8 Å². The number of hydrogen-bond donors (Lipinski definition) is 3. The molecule has 0 saturated carbocycles. The molecule has 8 heteroatoms. The zero-order valence-corrected chi connectivity index (χ0v) is 20.7. The molecule has 0 spiro atoms. The van der Waals surface area contributed by atoms with Crippen LogP contribution in [-0.4, -0.2) is 31.1 Å². The Kier molecular flexibility index (Phi) is 6.72. The van der Waals surface area contributed by atoms with E-state index in [1.807, 2.05) is 62.5 Å². The molecule has 4 aromatic heterocycles. The lowest BCUT2D eigenvalue weighted by molar-refractivity contribution is -0.116. The van der Waals surface area contributed by atoms with Crippen LogP contribution in [0.4, 0.5) is 11.4 Å². The standard InChI is InChI=1S/C29H27N7O/c1-4-7-28(37)34-22-12-21(14-30-15-22)20-9-10-26-23(13-20)29(36-35-26)19(3)33-27-17-31-16-24(18(27)2)25-8-5-6-11-32-25/h5-6,8-17,33H,3-4,7H2,1-2H3,(H,34,37)(H,35,36). The van der Waals surface area contributed by atoms with E-state index < -0.39 is 0 Å². The Morgan fingerprint density at radius 3 is 2.68 bits per heavy atom. The van der Waals surface area contributed by atoms with Crippen LogP contribution < -0.4 is 10.6 Å². The maximum atomic E-state index is 12.0. The van der Waals surface area contributed by atoms with E-state index in [4.69, 9.17) is 0 Å². The lowest BCUT2D eigenvalue weighted by Crippen LogP contribution is -2.10. The van der Waals surface area contributed by atoms with Crippen molar-refractivity contribution in [1.82, 2.24) is 25.1 Å². The van der Waals surface area contributed by atoms with Crippen LogP contribution in [0.15, 0.2) is 80.0 Å². The summed E-state index contributed by atoms with van der Waals surface area (Å²) in [5.41, 5.74) is 8.42. The van der Waals surface area contributed by atoms with Gasteiger partial charge >= 0.3 is 0 Å². The molecule has 3 N–H and O–H groups in total. The number of nitrogens with zero attached hydrogens (tertiary/aromatic N) is 4. The van der Waals surface area contributed by atoms with E-state index in [2.05, 4.69) is 42.4 Å². The number of nitrogens with one attached hydrogen (secondary N) is 3. The summed E-state index contributed by atoms with van der Waals surface area (Å²) in [4.78, 5) is 25.2. The van der Waals surface area contributed by atoms with Crippen LogP contribution in [-0.2, 0) is 4.79 Å². The fourth-order valence-electron chi connectivity index (χ4n) is 4.19. The quantitative estimate of drug-likeness (QED) is 0.239. The predicted molar refractivity (Wildman–Crippen MR) is 148 cm³/mol. The Labute approximate surface area is 214 Å². The second-order valence-electron chi connectivity index (χ2n) is 8.77. The summed E-state index contributed by atoms with van der Waals surface area (Å²) in [7, 11) is 0. The number of aromatic amines is 1. The Balaban J connectivity index is 1.43. The summed E-state index contributed by atoms with van der Waals surface area (Å²) in [6, 6.07) is 13.8. The third-order valence-electron chi connectivity index (χ3n) is 6.12. The third kappa shape index (κ3) is 5.08. The minimum Gasteiger partial charge on any atom is -0.353 e. The van der Waals surface area contributed by atoms with E-state index in [-0.39, 0.29) is 5.91 Å². The van der Waals surface area contributed by atoms with Crippen molar-refractivity contribution in [3.05, 3.63) is 91.3 Å². The van der Waals surface area contributed by atoms with Gasteiger partial charge in [0, 0.05) is 41.5 Å². The SMILES string of the molecule is C=C(Nc1cncc(-c2ccccn2)c1C)c1n[nH]c2ccc(-c3cncc(NC(=O)CCC)c3)cc12. The van der Waals surface area contributed by atoms with Crippen LogP contribution in [0.3, 0.4) is 0 Å². The summed E-state index contributed by atoms with van der Waals surface area (Å²) in [6.07, 6.45) is 10.1. The van der Waals surface area contributed by atoms with E-state index in [0.29, 0.717) is 23.5 Å². The van der Waals surface area contributed by atoms with Gasteiger partial charge < -0.3 is 10.6 Å². The van der Waals surface area contributed by atoms with Crippen LogP contribution in [0.2, 0.25) is 0 Å². The van der Waals surface area contributed by atoms with Crippen molar-refractivity contribution in [1.29, 1.82) is 0 Å². The van der Waals surface area contributed by atoms with Crippen LogP contribution in [0.25, 0.3) is 39.0 Å². The molecule has 8 nitrogen and oxygen atoms in total. The second-order valence-corrected chi connectivity index (χ2v) is 8.77. The molecule has 0 atom stereocenters. The minimum absolute atomic E-state index is 0.0201. The van der Waals surface area contributed by atoms with Gasteiger partial charge in [0.1, 0.15) is 5.69 Å². The van der Waals surface area contributed by atoms with Gasteiger partial charge in [-0.1, -0.05) is 25.6 Å². The smallest absolute Gasteiger partial charge is 0.224 e. The zero-order chi connectivity index (χ0) is 25.8. The highest BCUT2D eigenvalue weighted by Crippen LogP contribution is 2.31. The highest BCUT2D eigenvalue weighted by atomic mass is 16.1. The van der Waals surface area contributed by atoms with Gasteiger partial charge in [-0.25, -0.2) is 0 Å². The maximum Gasteiger partial charge on any atom is 0.224 e. The minimum atomic E-state index is -0.0201. The third-order valence-corrected chi connectivity index (χ3v) is 6.12. The lowest BCUT2D eigenvalue weighted by Gasteiger charge is -2.13. The Morgan fingerprint density at radius 1 is 1.00 bits per heavy atom. The van der Waals surface area contributed by atoms with Crippen molar-refractivity contribution in [2.45, 2.75) is 26.7 Å². The molecular weight excluding hydrogens is 462 g/mol. The number of hydrogen-bond acceptors (Lipinski definition) is 6. The molecule has 0 bridgehead atoms. The molecule has 0 saturated heterocycles. The number of aromatic nitrogens is 5. The number of fused-ring (bicyclic) bond motifs is 1. The van der Waals surface area contributed by atoms with Crippen LogP contribution in [0.5, 0.6) is 0 Å². The monoisotopic (exact) mass is 489 g/mol. The number of rotatable bonds is 8. The molecule has 5 aromatic rings. The molecule has 0 radical (unpaired) electrons. The summed E-state index contributed by atoms with van der Waals surface area (Å²) >= 11 is 0. The van der Waals surface area contributed by atoms with Crippen molar-refractivity contribution in [3.63, 3.8) is 0 Å². The molecule has 0 aliphatic rings. The topological polar surface area (TPSA) is 108 Å². The van der Waals surface area contributed by atoms with Crippen molar-refractivity contribution < 1.29 is 4.79 Å². The molecule has 0 aliphatic heterocycles. The maximum absolute atomic E-state index is 12.0. The first-order valence-corrected chi connectivity index (χ1v) is 12.1. The van der Waals surface area contributed by atoms with Crippen LogP contribution in [0.1, 0.15) is 31.0 Å². The highest BCUT2D eigenvalue weighted by molar-refractivity contribution is 5.96. The van der Waals surface area contributed by atoms with E-state index in [9.17, 15) is 4.79 Å². The van der Waals surface area contributed by atoms with Crippen LogP contribution >= 0.6 is 0 Å². The highest BCUT2D eigenvalue weighted by Gasteiger charge is 2.14. The average molecular weight is 490 g/mol. The molecule has 0 unspecified atom stereocenters. The second kappa shape index (κ2) is 10.4. The van der Waals surface area contributed by atoms with Gasteiger partial charge in [0.15, 0.2) is 0 Å². The van der Waals surface area contributed by atoms with E-state index in [1.165, 1.54) is 0 Å². The van der Waals surface area contributed by atoms with Gasteiger partial charge in [-0.3, -0.25) is 24.8 Å². The molecule has 0 fully saturated rings. The Bertz CT molecular complexity index is 1590. The fourth-order valence-corrected chi connectivity index (χ4v) is 4.19. The van der Waals surface area contributed by atoms with Crippen molar-refractivity contribution in [2.24, 2.45) is 0 Å².